The lowest BCUT2D eigenvalue weighted by atomic mass is 10.3. The summed E-state index contributed by atoms with van der Waals surface area (Å²) in [5.74, 6) is -1.15. The third kappa shape index (κ3) is 3.83. The summed E-state index contributed by atoms with van der Waals surface area (Å²) >= 11 is 0. The number of halogens is 4. The molecule has 9 heteroatoms. The van der Waals surface area contributed by atoms with Crippen molar-refractivity contribution < 1.29 is 26.0 Å². The molecule has 114 valence electrons. The maximum absolute atomic E-state index is 13.6. The summed E-state index contributed by atoms with van der Waals surface area (Å²) in [6.07, 6.45) is -4.73. The fourth-order valence-corrected chi connectivity index (χ4v) is 3.29. The van der Waals surface area contributed by atoms with Gasteiger partial charge in [0.05, 0.1) is 0 Å². The van der Waals surface area contributed by atoms with Crippen LogP contribution in [-0.2, 0) is 10.0 Å². The van der Waals surface area contributed by atoms with Crippen LogP contribution < -0.4 is 5.73 Å². The highest BCUT2D eigenvalue weighted by Crippen LogP contribution is 2.27. The minimum absolute atomic E-state index is 0.0549. The van der Waals surface area contributed by atoms with E-state index in [9.17, 15) is 26.0 Å². The molecule has 1 aromatic carbocycles. The molecule has 0 aliphatic rings. The molecule has 20 heavy (non-hydrogen) atoms. The lowest BCUT2D eigenvalue weighted by Gasteiger charge is -2.27. The number of hydrogen-bond acceptors (Lipinski definition) is 3. The van der Waals surface area contributed by atoms with Crippen molar-refractivity contribution in [3.8, 4) is 0 Å². The lowest BCUT2D eigenvalue weighted by Crippen LogP contribution is -2.43. The van der Waals surface area contributed by atoms with Crippen LogP contribution in [0.4, 0.5) is 23.2 Å². The molecule has 0 radical (unpaired) electrons. The fraction of sp³-hybridized carbons (Fsp3) is 0.455. The molecule has 1 rings (SSSR count). The first kappa shape index (κ1) is 16.7. The highest BCUT2D eigenvalue weighted by molar-refractivity contribution is 7.89. The zero-order chi connectivity index (χ0) is 15.7. The Morgan fingerprint density at radius 3 is 2.30 bits per heavy atom. The van der Waals surface area contributed by atoms with Crippen LogP contribution in [0.5, 0.6) is 0 Å². The van der Waals surface area contributed by atoms with Gasteiger partial charge in [0, 0.05) is 11.7 Å². The molecule has 0 aliphatic carbocycles. The normalized spacial score (nSPS) is 13.2. The van der Waals surface area contributed by atoms with Gasteiger partial charge in [0.2, 0.25) is 10.0 Å². The Labute approximate surface area is 114 Å². The first-order chi connectivity index (χ1) is 8.95. The van der Waals surface area contributed by atoms with E-state index in [4.69, 9.17) is 5.73 Å². The summed E-state index contributed by atoms with van der Waals surface area (Å²) in [6, 6.07) is 1.74. The molecule has 0 fully saturated rings. The Bertz CT molecular complexity index is 585. The average molecular weight is 314 g/mol. The van der Waals surface area contributed by atoms with Crippen LogP contribution in [0.1, 0.15) is 13.8 Å². The van der Waals surface area contributed by atoms with Gasteiger partial charge in [-0.15, -0.1) is 0 Å². The topological polar surface area (TPSA) is 63.4 Å². The number of benzene rings is 1. The van der Waals surface area contributed by atoms with Crippen LogP contribution in [0.25, 0.3) is 0 Å². The molecule has 1 aromatic rings. The predicted octanol–water partition coefficient (Wildman–Crippen LogP) is 2.37. The van der Waals surface area contributed by atoms with Crippen LogP contribution in [0.15, 0.2) is 23.1 Å². The summed E-state index contributed by atoms with van der Waals surface area (Å²) in [7, 11) is -4.63. The summed E-state index contributed by atoms with van der Waals surface area (Å²) in [6.45, 7) is 0.849. The van der Waals surface area contributed by atoms with Gasteiger partial charge in [0.25, 0.3) is 0 Å². The summed E-state index contributed by atoms with van der Waals surface area (Å²) in [4.78, 5) is -0.865. The molecule has 2 N–H and O–H groups in total. The average Bonchev–Trinajstić information content (AvgIpc) is 2.27. The Kier molecular flexibility index (Phi) is 4.65. The monoisotopic (exact) mass is 314 g/mol. The van der Waals surface area contributed by atoms with Gasteiger partial charge in [-0.25, -0.2) is 12.8 Å². The van der Waals surface area contributed by atoms with Gasteiger partial charge in [-0.05, 0) is 32.0 Å². The highest BCUT2D eigenvalue weighted by Gasteiger charge is 2.39. The molecule has 0 saturated heterocycles. The zero-order valence-electron chi connectivity index (χ0n) is 10.8. The minimum Gasteiger partial charge on any atom is -0.399 e. The predicted molar refractivity (Wildman–Crippen MR) is 65.9 cm³/mol. The van der Waals surface area contributed by atoms with Gasteiger partial charge in [-0.3, -0.25) is 0 Å². The first-order valence-corrected chi connectivity index (χ1v) is 7.03. The lowest BCUT2D eigenvalue weighted by molar-refractivity contribution is -0.138. The number of sulfonamides is 1. The van der Waals surface area contributed by atoms with E-state index in [2.05, 4.69) is 0 Å². The second-order valence-corrected chi connectivity index (χ2v) is 6.31. The molecule has 4 nitrogen and oxygen atoms in total. The number of hydrogen-bond donors (Lipinski definition) is 1. The van der Waals surface area contributed by atoms with Crippen molar-refractivity contribution in [3.63, 3.8) is 0 Å². The Balaban J connectivity index is 3.34. The summed E-state index contributed by atoms with van der Waals surface area (Å²) in [5, 5.41) is 0. The van der Waals surface area contributed by atoms with E-state index < -0.39 is 39.5 Å². The molecule has 0 saturated carbocycles. The van der Waals surface area contributed by atoms with Gasteiger partial charge in [-0.1, -0.05) is 0 Å². The Morgan fingerprint density at radius 2 is 1.85 bits per heavy atom. The molecule has 0 spiro atoms. The summed E-state index contributed by atoms with van der Waals surface area (Å²) in [5.41, 5.74) is 5.30. The van der Waals surface area contributed by atoms with E-state index in [0.717, 1.165) is 18.2 Å². The number of anilines is 1. The van der Waals surface area contributed by atoms with E-state index in [1.165, 1.54) is 13.8 Å². The number of alkyl halides is 3. The van der Waals surface area contributed by atoms with Crippen molar-refractivity contribution in [1.82, 2.24) is 4.31 Å². The van der Waals surface area contributed by atoms with Crippen molar-refractivity contribution in [3.05, 3.63) is 24.0 Å². The molecule has 0 heterocycles. The van der Waals surface area contributed by atoms with Crippen molar-refractivity contribution in [2.24, 2.45) is 0 Å². The van der Waals surface area contributed by atoms with E-state index in [-0.39, 0.29) is 9.99 Å². The summed E-state index contributed by atoms with van der Waals surface area (Å²) < 4.78 is 75.5. The number of rotatable bonds is 4. The van der Waals surface area contributed by atoms with E-state index in [1.807, 2.05) is 0 Å². The zero-order valence-corrected chi connectivity index (χ0v) is 11.6. The molecule has 0 bridgehead atoms. The number of nitrogens with two attached hydrogens (primary N) is 1. The molecule has 0 aliphatic heterocycles. The van der Waals surface area contributed by atoms with Crippen LogP contribution in [0.2, 0.25) is 0 Å². The SMILES string of the molecule is CC(C)N(CC(F)(F)F)S(=O)(=O)c1cc(N)ccc1F. The fourth-order valence-electron chi connectivity index (χ4n) is 1.57. The van der Waals surface area contributed by atoms with Crippen molar-refractivity contribution in [2.75, 3.05) is 12.3 Å². The molecule has 0 atom stereocenters. The van der Waals surface area contributed by atoms with Gasteiger partial charge >= 0.3 is 6.18 Å². The van der Waals surface area contributed by atoms with E-state index in [0.29, 0.717) is 0 Å². The third-order valence-corrected chi connectivity index (χ3v) is 4.49. The molecule has 0 aromatic heterocycles. The van der Waals surface area contributed by atoms with Gasteiger partial charge in [-0.2, -0.15) is 17.5 Å². The largest absolute Gasteiger partial charge is 0.402 e. The van der Waals surface area contributed by atoms with Gasteiger partial charge in [0.15, 0.2) is 0 Å². The standard InChI is InChI=1S/C11H14F4N2O2S/c1-7(2)17(6-11(13,14)15)20(18,19)10-5-8(16)3-4-9(10)12/h3-5,7H,6,16H2,1-2H3. The van der Waals surface area contributed by atoms with Crippen LogP contribution in [-0.4, -0.2) is 31.5 Å². The van der Waals surface area contributed by atoms with Crippen LogP contribution >= 0.6 is 0 Å². The van der Waals surface area contributed by atoms with Gasteiger partial charge < -0.3 is 5.73 Å². The van der Waals surface area contributed by atoms with Crippen LogP contribution in [0, 0.1) is 5.82 Å². The smallest absolute Gasteiger partial charge is 0.399 e. The first-order valence-electron chi connectivity index (χ1n) is 5.59. The van der Waals surface area contributed by atoms with E-state index >= 15 is 0 Å². The maximum atomic E-state index is 13.6. The van der Waals surface area contributed by atoms with Gasteiger partial charge in [0.1, 0.15) is 17.3 Å². The molecule has 0 unspecified atom stereocenters. The highest BCUT2D eigenvalue weighted by atomic mass is 32.2. The second kappa shape index (κ2) is 5.57. The molecular weight excluding hydrogens is 300 g/mol. The van der Waals surface area contributed by atoms with Crippen molar-refractivity contribution >= 4 is 15.7 Å². The second-order valence-electron chi connectivity index (χ2n) is 4.45. The van der Waals surface area contributed by atoms with Crippen LogP contribution in [0.3, 0.4) is 0 Å². The van der Waals surface area contributed by atoms with Crippen molar-refractivity contribution in [1.29, 1.82) is 0 Å². The molecular formula is C11H14F4N2O2S. The quantitative estimate of drug-likeness (QED) is 0.685. The number of nitrogen functional groups attached to an aromatic ring is 1. The van der Waals surface area contributed by atoms with Crippen molar-refractivity contribution in [2.45, 2.75) is 31.0 Å². The Hall–Kier alpha value is -1.35. The third-order valence-electron chi connectivity index (χ3n) is 2.45. The number of nitrogens with zero attached hydrogens (tertiary/aromatic N) is 1. The maximum Gasteiger partial charge on any atom is 0.402 e. The van der Waals surface area contributed by atoms with E-state index in [1.54, 1.807) is 0 Å². The Morgan fingerprint density at radius 1 is 1.30 bits per heavy atom. The minimum atomic E-state index is -4.73. The molecule has 0 amide bonds.